The Bertz CT molecular complexity index is 441. The van der Waals surface area contributed by atoms with Gasteiger partial charge in [-0.25, -0.2) is 0 Å². The van der Waals surface area contributed by atoms with E-state index in [9.17, 15) is 5.11 Å². The first kappa shape index (κ1) is 14.1. The minimum atomic E-state index is -0.453. The molecule has 1 aromatic carbocycles. The van der Waals surface area contributed by atoms with E-state index < -0.39 is 6.10 Å². The SMILES string of the molecule is CC12CCC([C@H](O)c3cccc(Cl)c3)(CC1)N2.Cl. The number of hydrogen-bond acceptors (Lipinski definition) is 2. The summed E-state index contributed by atoms with van der Waals surface area (Å²) in [4.78, 5) is 0. The molecule has 2 saturated heterocycles. The molecule has 2 N–H and O–H groups in total. The highest BCUT2D eigenvalue weighted by Gasteiger charge is 2.54. The summed E-state index contributed by atoms with van der Waals surface area (Å²) in [5, 5.41) is 14.9. The number of hydrogen-bond donors (Lipinski definition) is 2. The van der Waals surface area contributed by atoms with E-state index in [0.29, 0.717) is 5.02 Å². The van der Waals surface area contributed by atoms with Gasteiger partial charge in [0.2, 0.25) is 0 Å². The molecule has 0 spiro atoms. The minimum Gasteiger partial charge on any atom is -0.386 e. The molecule has 1 atom stereocenters. The van der Waals surface area contributed by atoms with E-state index in [2.05, 4.69) is 12.2 Å². The second-order valence-corrected chi connectivity index (χ2v) is 6.24. The molecule has 0 aromatic heterocycles. The topological polar surface area (TPSA) is 32.3 Å². The average Bonchev–Trinajstić information content (AvgIpc) is 2.83. The molecule has 4 heteroatoms. The Morgan fingerprint density at radius 2 is 1.94 bits per heavy atom. The molecule has 2 heterocycles. The third-order valence-electron chi connectivity index (χ3n) is 4.48. The zero-order valence-electron chi connectivity index (χ0n) is 10.4. The number of benzene rings is 1. The first-order chi connectivity index (χ1) is 8.03. The van der Waals surface area contributed by atoms with Crippen LogP contribution in [0, 0.1) is 0 Å². The van der Waals surface area contributed by atoms with Crippen molar-refractivity contribution >= 4 is 24.0 Å². The van der Waals surface area contributed by atoms with Crippen molar-refractivity contribution in [1.82, 2.24) is 5.32 Å². The van der Waals surface area contributed by atoms with Gasteiger partial charge in [-0.2, -0.15) is 0 Å². The van der Waals surface area contributed by atoms with Gasteiger partial charge in [-0.05, 0) is 50.3 Å². The fourth-order valence-corrected chi connectivity index (χ4v) is 3.64. The standard InChI is InChI=1S/C14H18ClNO.ClH/c1-13-5-7-14(16-13,8-6-13)12(17)10-3-2-4-11(15)9-10;/h2-4,9,12,16-17H,5-8H2,1H3;1H/t12-,13?,14?;/m1./s1. The maximum absolute atomic E-state index is 10.6. The third-order valence-corrected chi connectivity index (χ3v) is 4.72. The molecule has 0 radical (unpaired) electrons. The molecule has 1 aromatic rings. The van der Waals surface area contributed by atoms with E-state index in [1.54, 1.807) is 0 Å². The molecular weight excluding hydrogens is 269 g/mol. The Kier molecular flexibility index (Phi) is 3.67. The molecule has 2 aliphatic rings. The highest BCUT2D eigenvalue weighted by molar-refractivity contribution is 6.30. The van der Waals surface area contributed by atoms with Gasteiger partial charge in [0.1, 0.15) is 0 Å². The van der Waals surface area contributed by atoms with Gasteiger partial charge in [-0.1, -0.05) is 23.7 Å². The van der Waals surface area contributed by atoms with Gasteiger partial charge >= 0.3 is 0 Å². The summed E-state index contributed by atoms with van der Waals surface area (Å²) in [5.41, 5.74) is 1.04. The summed E-state index contributed by atoms with van der Waals surface area (Å²) in [7, 11) is 0. The van der Waals surface area contributed by atoms with Crippen LogP contribution in [0.3, 0.4) is 0 Å². The third kappa shape index (κ3) is 2.16. The Morgan fingerprint density at radius 3 is 2.44 bits per heavy atom. The maximum Gasteiger partial charge on any atom is 0.0972 e. The number of aliphatic hydroxyl groups excluding tert-OH is 1. The molecule has 2 aliphatic heterocycles. The summed E-state index contributed by atoms with van der Waals surface area (Å²) in [6.45, 7) is 2.26. The molecule has 0 unspecified atom stereocenters. The molecule has 2 nitrogen and oxygen atoms in total. The Labute approximate surface area is 119 Å². The number of nitrogens with one attached hydrogen (secondary N) is 1. The summed E-state index contributed by atoms with van der Waals surface area (Å²) >= 11 is 5.99. The lowest BCUT2D eigenvalue weighted by Crippen LogP contribution is -2.45. The van der Waals surface area contributed by atoms with Gasteiger partial charge in [-0.15, -0.1) is 12.4 Å². The van der Waals surface area contributed by atoms with Crippen LogP contribution < -0.4 is 5.32 Å². The van der Waals surface area contributed by atoms with Gasteiger partial charge < -0.3 is 10.4 Å². The van der Waals surface area contributed by atoms with E-state index in [1.807, 2.05) is 24.3 Å². The number of fused-ring (bicyclic) bond motifs is 2. The van der Waals surface area contributed by atoms with Crippen LogP contribution in [0.5, 0.6) is 0 Å². The number of aliphatic hydroxyl groups is 1. The second-order valence-electron chi connectivity index (χ2n) is 5.80. The Hall–Kier alpha value is -0.280. The Balaban J connectivity index is 0.00000120. The molecule has 18 heavy (non-hydrogen) atoms. The molecule has 2 bridgehead atoms. The van der Waals surface area contributed by atoms with Crippen molar-refractivity contribution in [2.24, 2.45) is 0 Å². The van der Waals surface area contributed by atoms with Crippen LogP contribution in [0.4, 0.5) is 0 Å². The van der Waals surface area contributed by atoms with Crippen molar-refractivity contribution in [2.75, 3.05) is 0 Å². The maximum atomic E-state index is 10.6. The number of halogens is 2. The van der Waals surface area contributed by atoms with E-state index in [0.717, 1.165) is 31.2 Å². The van der Waals surface area contributed by atoms with Crippen molar-refractivity contribution in [3.63, 3.8) is 0 Å². The van der Waals surface area contributed by atoms with Crippen LogP contribution in [0.2, 0.25) is 5.02 Å². The quantitative estimate of drug-likeness (QED) is 0.873. The van der Waals surface area contributed by atoms with Crippen LogP contribution in [0.25, 0.3) is 0 Å². The fraction of sp³-hybridized carbons (Fsp3) is 0.571. The van der Waals surface area contributed by atoms with Gasteiger partial charge in [0.15, 0.2) is 0 Å². The summed E-state index contributed by atoms with van der Waals surface area (Å²) in [6, 6.07) is 7.58. The normalized spacial score (nSPS) is 35.3. The lowest BCUT2D eigenvalue weighted by Gasteiger charge is -2.32. The van der Waals surface area contributed by atoms with E-state index >= 15 is 0 Å². The summed E-state index contributed by atoms with van der Waals surface area (Å²) in [5.74, 6) is 0. The van der Waals surface area contributed by atoms with E-state index in [4.69, 9.17) is 11.6 Å². The van der Waals surface area contributed by atoms with Crippen molar-refractivity contribution in [1.29, 1.82) is 0 Å². The van der Waals surface area contributed by atoms with Crippen LogP contribution in [0.1, 0.15) is 44.3 Å². The highest BCUT2D eigenvalue weighted by Crippen LogP contribution is 2.50. The zero-order valence-corrected chi connectivity index (χ0v) is 12.0. The van der Waals surface area contributed by atoms with Crippen molar-refractivity contribution < 1.29 is 5.11 Å². The van der Waals surface area contributed by atoms with Crippen molar-refractivity contribution in [3.8, 4) is 0 Å². The van der Waals surface area contributed by atoms with Gasteiger partial charge in [-0.3, -0.25) is 0 Å². The predicted molar refractivity (Wildman–Crippen MR) is 76.4 cm³/mol. The van der Waals surface area contributed by atoms with E-state index in [-0.39, 0.29) is 23.5 Å². The van der Waals surface area contributed by atoms with Crippen LogP contribution in [-0.2, 0) is 0 Å². The lowest BCUT2D eigenvalue weighted by atomic mass is 9.78. The second kappa shape index (κ2) is 4.68. The average molecular weight is 288 g/mol. The molecule has 3 rings (SSSR count). The minimum absolute atomic E-state index is 0. The van der Waals surface area contributed by atoms with Gasteiger partial charge in [0, 0.05) is 16.1 Å². The van der Waals surface area contributed by atoms with Gasteiger partial charge in [0.05, 0.1) is 6.10 Å². The van der Waals surface area contributed by atoms with Crippen LogP contribution in [0.15, 0.2) is 24.3 Å². The van der Waals surface area contributed by atoms with Crippen LogP contribution >= 0.6 is 24.0 Å². The predicted octanol–water partition coefficient (Wildman–Crippen LogP) is 3.47. The zero-order chi connectivity index (χ0) is 12.1. The first-order valence-corrected chi connectivity index (χ1v) is 6.64. The highest BCUT2D eigenvalue weighted by atomic mass is 35.5. The van der Waals surface area contributed by atoms with Crippen LogP contribution in [-0.4, -0.2) is 16.2 Å². The van der Waals surface area contributed by atoms with Crippen molar-refractivity contribution in [3.05, 3.63) is 34.9 Å². The largest absolute Gasteiger partial charge is 0.386 e. The molecule has 2 fully saturated rings. The van der Waals surface area contributed by atoms with E-state index in [1.165, 1.54) is 0 Å². The fourth-order valence-electron chi connectivity index (χ4n) is 3.44. The molecule has 0 saturated carbocycles. The molecule has 0 amide bonds. The monoisotopic (exact) mass is 287 g/mol. The summed E-state index contributed by atoms with van der Waals surface area (Å²) < 4.78 is 0. The van der Waals surface area contributed by atoms with Crippen molar-refractivity contribution in [2.45, 2.75) is 49.8 Å². The van der Waals surface area contributed by atoms with Gasteiger partial charge in [0.25, 0.3) is 0 Å². The molecule has 100 valence electrons. The number of rotatable bonds is 2. The lowest BCUT2D eigenvalue weighted by molar-refractivity contribution is 0.0738. The molecular formula is C14H19Cl2NO. The first-order valence-electron chi connectivity index (χ1n) is 6.26. The smallest absolute Gasteiger partial charge is 0.0972 e. The molecule has 0 aliphatic carbocycles. The summed E-state index contributed by atoms with van der Waals surface area (Å²) in [6.07, 6.45) is 3.97. The Morgan fingerprint density at radius 1 is 1.28 bits per heavy atom.